The number of hydrogen-bond acceptors (Lipinski definition) is 6. The predicted molar refractivity (Wildman–Crippen MR) is 67.9 cm³/mol. The highest BCUT2D eigenvalue weighted by molar-refractivity contribution is 7.84. The molecule has 0 saturated carbocycles. The second-order valence-corrected chi connectivity index (χ2v) is 4.81. The normalized spacial score (nSPS) is 11.2. The Labute approximate surface area is 112 Å². The molecule has 19 heavy (non-hydrogen) atoms. The van der Waals surface area contributed by atoms with Crippen molar-refractivity contribution in [2.24, 2.45) is 0 Å². The highest BCUT2D eigenvalue weighted by atomic mass is 32.2. The fraction of sp³-hybridized carbons (Fsp3) is 0.364. The van der Waals surface area contributed by atoms with Gasteiger partial charge in [-0.1, -0.05) is 30.3 Å². The Morgan fingerprint density at radius 1 is 1.26 bits per heavy atom. The Bertz CT molecular complexity index is 489. The van der Waals surface area contributed by atoms with Crippen molar-refractivity contribution < 1.29 is 22.1 Å². The van der Waals surface area contributed by atoms with Gasteiger partial charge in [-0.15, -0.1) is 4.83 Å². The van der Waals surface area contributed by atoms with Crippen LogP contribution in [0, 0.1) is 0 Å². The van der Waals surface area contributed by atoms with Crippen molar-refractivity contribution in [1.29, 1.82) is 0 Å². The van der Waals surface area contributed by atoms with Gasteiger partial charge in [-0.05, 0) is 12.5 Å². The summed E-state index contributed by atoms with van der Waals surface area (Å²) in [6, 6.07) is 9.15. The van der Waals surface area contributed by atoms with Crippen LogP contribution in [0.1, 0.15) is 12.5 Å². The molecule has 8 heteroatoms. The predicted octanol–water partition coefficient (Wildman–Crippen LogP) is 0.105. The molecule has 0 bridgehead atoms. The Morgan fingerprint density at radius 2 is 1.95 bits per heavy atom. The smallest absolute Gasteiger partial charge is 0.348 e. The van der Waals surface area contributed by atoms with Crippen molar-refractivity contribution in [3.63, 3.8) is 0 Å². The lowest BCUT2D eigenvalue weighted by Crippen LogP contribution is -2.41. The summed E-state index contributed by atoms with van der Waals surface area (Å²) in [6.45, 7) is 1.39. The Kier molecular flexibility index (Phi) is 6.43. The van der Waals surface area contributed by atoms with E-state index in [-0.39, 0.29) is 19.8 Å². The minimum absolute atomic E-state index is 0.00939. The summed E-state index contributed by atoms with van der Waals surface area (Å²) in [5.41, 5.74) is 3.06. The summed E-state index contributed by atoms with van der Waals surface area (Å²) in [4.78, 5) is 13.2. The molecule has 0 aliphatic rings. The maximum absolute atomic E-state index is 11.3. The molecule has 0 saturated heterocycles. The van der Waals surface area contributed by atoms with Crippen LogP contribution in [0.3, 0.4) is 0 Å². The van der Waals surface area contributed by atoms with E-state index in [0.29, 0.717) is 0 Å². The third-order valence-electron chi connectivity index (χ3n) is 1.95. The fourth-order valence-electron chi connectivity index (χ4n) is 1.17. The van der Waals surface area contributed by atoms with E-state index >= 15 is 0 Å². The van der Waals surface area contributed by atoms with Crippen molar-refractivity contribution in [3.8, 4) is 0 Å². The van der Waals surface area contributed by atoms with Crippen molar-refractivity contribution in [3.05, 3.63) is 35.9 Å². The van der Waals surface area contributed by atoms with Crippen LogP contribution in [-0.2, 0) is 30.6 Å². The van der Waals surface area contributed by atoms with E-state index in [1.165, 1.54) is 6.92 Å². The summed E-state index contributed by atoms with van der Waals surface area (Å²) in [6.07, 6.45) is 0. The van der Waals surface area contributed by atoms with E-state index in [4.69, 9.17) is 4.74 Å². The first-order valence-corrected chi connectivity index (χ1v) is 7.03. The summed E-state index contributed by atoms with van der Waals surface area (Å²) >= 11 is 0. The van der Waals surface area contributed by atoms with Gasteiger partial charge in [-0.3, -0.25) is 8.98 Å². The van der Waals surface area contributed by atoms with Crippen LogP contribution < -0.4 is 10.3 Å². The van der Waals surface area contributed by atoms with Crippen LogP contribution in [0.4, 0.5) is 0 Å². The summed E-state index contributed by atoms with van der Waals surface area (Å²) in [5, 5.41) is 0. The zero-order chi connectivity index (χ0) is 14.1. The van der Waals surface area contributed by atoms with Crippen LogP contribution >= 0.6 is 0 Å². The van der Waals surface area contributed by atoms with Crippen molar-refractivity contribution in [1.82, 2.24) is 10.3 Å². The van der Waals surface area contributed by atoms with Crippen molar-refractivity contribution >= 4 is 16.3 Å². The molecule has 106 valence electrons. The SMILES string of the molecule is CCOS(=O)(=O)NNCC(=O)OCc1ccccc1. The molecule has 7 nitrogen and oxygen atoms in total. The monoisotopic (exact) mass is 288 g/mol. The maximum atomic E-state index is 11.3. The zero-order valence-corrected chi connectivity index (χ0v) is 11.3. The van der Waals surface area contributed by atoms with Gasteiger partial charge >= 0.3 is 16.3 Å². The number of hydrogen-bond donors (Lipinski definition) is 2. The van der Waals surface area contributed by atoms with Gasteiger partial charge < -0.3 is 4.74 Å². The molecule has 1 aromatic rings. The van der Waals surface area contributed by atoms with Gasteiger partial charge in [0.1, 0.15) is 13.2 Å². The molecule has 0 atom stereocenters. The Balaban J connectivity index is 2.22. The van der Waals surface area contributed by atoms with E-state index < -0.39 is 16.3 Å². The largest absolute Gasteiger partial charge is 0.460 e. The number of nitrogens with one attached hydrogen (secondary N) is 2. The fourth-order valence-corrected chi connectivity index (χ4v) is 1.79. The van der Waals surface area contributed by atoms with Gasteiger partial charge in [0.15, 0.2) is 0 Å². The number of benzene rings is 1. The molecule has 1 aromatic carbocycles. The quantitative estimate of drug-likeness (QED) is 0.521. The van der Waals surface area contributed by atoms with E-state index in [9.17, 15) is 13.2 Å². The molecule has 0 aliphatic carbocycles. The first kappa shape index (κ1) is 15.6. The number of carbonyl (C=O) groups is 1. The molecular weight excluding hydrogens is 272 g/mol. The lowest BCUT2D eigenvalue weighted by molar-refractivity contribution is -0.143. The minimum atomic E-state index is -3.86. The van der Waals surface area contributed by atoms with Gasteiger partial charge in [-0.25, -0.2) is 5.43 Å². The van der Waals surface area contributed by atoms with Crippen LogP contribution in [0.5, 0.6) is 0 Å². The van der Waals surface area contributed by atoms with Gasteiger partial charge in [0.25, 0.3) is 0 Å². The van der Waals surface area contributed by atoms with Crippen molar-refractivity contribution in [2.75, 3.05) is 13.2 Å². The average molecular weight is 288 g/mol. The first-order valence-electron chi connectivity index (χ1n) is 5.62. The molecular formula is C11H16N2O5S. The van der Waals surface area contributed by atoms with E-state index in [0.717, 1.165) is 5.56 Å². The lowest BCUT2D eigenvalue weighted by Gasteiger charge is -2.07. The molecule has 2 N–H and O–H groups in total. The third-order valence-corrected chi connectivity index (χ3v) is 2.89. The van der Waals surface area contributed by atoms with Crippen LogP contribution in [0.25, 0.3) is 0 Å². The van der Waals surface area contributed by atoms with Crippen LogP contribution in [0.2, 0.25) is 0 Å². The zero-order valence-electron chi connectivity index (χ0n) is 10.5. The van der Waals surface area contributed by atoms with Crippen molar-refractivity contribution in [2.45, 2.75) is 13.5 Å². The Morgan fingerprint density at radius 3 is 2.58 bits per heavy atom. The number of hydrazine groups is 1. The molecule has 0 fully saturated rings. The van der Waals surface area contributed by atoms with E-state index in [1.54, 1.807) is 0 Å². The minimum Gasteiger partial charge on any atom is -0.460 e. The van der Waals surface area contributed by atoms with Gasteiger partial charge in [0.2, 0.25) is 0 Å². The second kappa shape index (κ2) is 7.85. The standard InChI is InChI=1S/C11H16N2O5S/c1-2-18-19(15,16)13-12-8-11(14)17-9-10-6-4-3-5-7-10/h3-7,12-13H,2,8-9H2,1H3. The number of rotatable bonds is 8. The molecule has 0 aliphatic heterocycles. The summed E-state index contributed by atoms with van der Waals surface area (Å²) in [7, 11) is -3.86. The highest BCUT2D eigenvalue weighted by Crippen LogP contribution is 2.00. The molecule has 1 rings (SSSR count). The highest BCUT2D eigenvalue weighted by Gasteiger charge is 2.09. The molecule has 0 heterocycles. The van der Waals surface area contributed by atoms with Gasteiger partial charge in [0.05, 0.1) is 6.61 Å². The molecule has 0 unspecified atom stereocenters. The third kappa shape index (κ3) is 6.87. The number of ether oxygens (including phenoxy) is 1. The molecule has 0 amide bonds. The number of carbonyl (C=O) groups excluding carboxylic acids is 1. The molecule has 0 spiro atoms. The summed E-state index contributed by atoms with van der Waals surface area (Å²) < 4.78 is 31.4. The van der Waals surface area contributed by atoms with Gasteiger partial charge in [-0.2, -0.15) is 8.42 Å². The lowest BCUT2D eigenvalue weighted by atomic mass is 10.2. The molecule has 0 aromatic heterocycles. The van der Waals surface area contributed by atoms with E-state index in [1.807, 2.05) is 35.2 Å². The average Bonchev–Trinajstić information content (AvgIpc) is 2.37. The summed E-state index contributed by atoms with van der Waals surface area (Å²) in [5.74, 6) is -0.581. The maximum Gasteiger partial charge on any atom is 0.348 e. The van der Waals surface area contributed by atoms with Crippen LogP contribution in [0.15, 0.2) is 30.3 Å². The van der Waals surface area contributed by atoms with Crippen LogP contribution in [-0.4, -0.2) is 27.5 Å². The van der Waals surface area contributed by atoms with E-state index in [2.05, 4.69) is 9.61 Å². The Hall–Kier alpha value is -1.48. The molecule has 0 radical (unpaired) electrons. The number of esters is 1. The van der Waals surface area contributed by atoms with Gasteiger partial charge in [0, 0.05) is 0 Å². The second-order valence-electron chi connectivity index (χ2n) is 3.46. The first-order chi connectivity index (χ1) is 9.03. The topological polar surface area (TPSA) is 93.7 Å².